The molecule has 0 bridgehead atoms. The molecule has 3 heteroatoms. The molecule has 0 aromatic carbocycles. The van der Waals surface area contributed by atoms with Crippen molar-refractivity contribution < 1.29 is 4.74 Å². The molecule has 1 aromatic heterocycles. The zero-order valence-corrected chi connectivity index (χ0v) is 11.0. The third-order valence-corrected chi connectivity index (χ3v) is 2.70. The molecule has 0 amide bonds. The van der Waals surface area contributed by atoms with Crippen molar-refractivity contribution in [3.8, 4) is 5.88 Å². The number of aromatic nitrogens is 1. The minimum atomic E-state index is 0.0274. The molecule has 1 saturated carbocycles. The normalized spacial score (nSPS) is 15.7. The van der Waals surface area contributed by atoms with E-state index in [1.54, 1.807) is 0 Å². The monoisotopic (exact) mass is 234 g/mol. The first-order valence-corrected chi connectivity index (χ1v) is 6.41. The van der Waals surface area contributed by atoms with Gasteiger partial charge in [0, 0.05) is 11.6 Å². The summed E-state index contributed by atoms with van der Waals surface area (Å²) in [5.74, 6) is 2.51. The molecular weight excluding hydrogens is 212 g/mol. The second-order valence-corrected chi connectivity index (χ2v) is 5.82. The van der Waals surface area contributed by atoms with E-state index in [9.17, 15) is 0 Å². The lowest BCUT2D eigenvalue weighted by molar-refractivity contribution is 0.291. The van der Waals surface area contributed by atoms with Gasteiger partial charge < -0.3 is 10.1 Å². The lowest BCUT2D eigenvalue weighted by Crippen LogP contribution is -2.26. The van der Waals surface area contributed by atoms with E-state index < -0.39 is 0 Å². The molecule has 0 aliphatic heterocycles. The van der Waals surface area contributed by atoms with Crippen LogP contribution in [0.25, 0.3) is 0 Å². The van der Waals surface area contributed by atoms with Crippen molar-refractivity contribution in [2.75, 3.05) is 11.9 Å². The Morgan fingerprint density at radius 1 is 1.35 bits per heavy atom. The second-order valence-electron chi connectivity index (χ2n) is 5.82. The van der Waals surface area contributed by atoms with Crippen molar-refractivity contribution >= 4 is 5.82 Å². The average Bonchev–Trinajstić information content (AvgIpc) is 2.99. The van der Waals surface area contributed by atoms with Crippen molar-refractivity contribution in [2.24, 2.45) is 5.92 Å². The Labute approximate surface area is 104 Å². The summed E-state index contributed by atoms with van der Waals surface area (Å²) in [6, 6.07) is 5.87. The highest BCUT2D eigenvalue weighted by molar-refractivity contribution is 5.39. The summed E-state index contributed by atoms with van der Waals surface area (Å²) >= 11 is 0. The molecule has 0 radical (unpaired) electrons. The molecule has 2 rings (SSSR count). The minimum Gasteiger partial charge on any atom is -0.478 e. The third kappa shape index (κ3) is 4.63. The zero-order valence-electron chi connectivity index (χ0n) is 11.0. The summed E-state index contributed by atoms with van der Waals surface area (Å²) in [6.07, 6.45) is 3.92. The molecule has 94 valence electrons. The number of hydrogen-bond acceptors (Lipinski definition) is 3. The first-order chi connectivity index (χ1) is 8.03. The summed E-state index contributed by atoms with van der Waals surface area (Å²) in [5.41, 5.74) is 0.0274. The van der Waals surface area contributed by atoms with Gasteiger partial charge in [0.2, 0.25) is 5.88 Å². The molecular formula is C14H22N2O. The molecule has 3 nitrogen and oxygen atoms in total. The molecule has 1 N–H and O–H groups in total. The first kappa shape index (κ1) is 12.2. The minimum absolute atomic E-state index is 0.0274. The van der Waals surface area contributed by atoms with Gasteiger partial charge in [-0.1, -0.05) is 18.9 Å². The van der Waals surface area contributed by atoms with Crippen LogP contribution in [0.2, 0.25) is 0 Å². The van der Waals surface area contributed by atoms with Gasteiger partial charge in [0.05, 0.1) is 6.61 Å². The fraction of sp³-hybridized carbons (Fsp3) is 0.643. The largest absolute Gasteiger partial charge is 0.478 e. The first-order valence-electron chi connectivity index (χ1n) is 6.41. The van der Waals surface area contributed by atoms with Gasteiger partial charge in [0.15, 0.2) is 0 Å². The third-order valence-electron chi connectivity index (χ3n) is 2.70. The summed E-state index contributed by atoms with van der Waals surface area (Å²) < 4.78 is 5.66. The second kappa shape index (κ2) is 4.94. The molecule has 1 fully saturated rings. The highest BCUT2D eigenvalue weighted by Gasteiger charge is 2.20. The molecule has 0 unspecified atom stereocenters. The zero-order chi connectivity index (χ0) is 12.3. The Morgan fingerprint density at radius 3 is 2.76 bits per heavy atom. The molecule has 17 heavy (non-hydrogen) atoms. The fourth-order valence-corrected chi connectivity index (χ4v) is 1.69. The molecule has 1 aliphatic carbocycles. The van der Waals surface area contributed by atoms with Gasteiger partial charge in [-0.25, -0.2) is 0 Å². The maximum Gasteiger partial charge on any atom is 0.215 e. The standard InChI is InChI=1S/C14H22N2O/c1-14(2,3)16-12-5-4-6-13(15-12)17-10-9-11-7-8-11/h4-6,11H,7-10H2,1-3H3,(H,15,16). The number of rotatable bonds is 5. The maximum absolute atomic E-state index is 5.66. The van der Waals surface area contributed by atoms with Crippen LogP contribution in [-0.4, -0.2) is 17.1 Å². The van der Waals surface area contributed by atoms with Crippen molar-refractivity contribution in [3.05, 3.63) is 18.2 Å². The van der Waals surface area contributed by atoms with Gasteiger partial charge in [-0.05, 0) is 39.2 Å². The average molecular weight is 234 g/mol. The van der Waals surface area contributed by atoms with E-state index in [1.165, 1.54) is 19.3 Å². The van der Waals surface area contributed by atoms with E-state index in [4.69, 9.17) is 4.74 Å². The van der Waals surface area contributed by atoms with Crippen LogP contribution in [0, 0.1) is 5.92 Å². The molecule has 1 aliphatic rings. The maximum atomic E-state index is 5.66. The Morgan fingerprint density at radius 2 is 2.12 bits per heavy atom. The van der Waals surface area contributed by atoms with Crippen LogP contribution >= 0.6 is 0 Å². The lowest BCUT2D eigenvalue weighted by atomic mass is 10.1. The predicted octanol–water partition coefficient (Wildman–Crippen LogP) is 3.47. The van der Waals surface area contributed by atoms with E-state index in [0.717, 1.165) is 24.2 Å². The Hall–Kier alpha value is -1.25. The van der Waals surface area contributed by atoms with Gasteiger partial charge in [0.25, 0.3) is 0 Å². The molecule has 0 atom stereocenters. The van der Waals surface area contributed by atoms with Gasteiger partial charge in [-0.15, -0.1) is 0 Å². The van der Waals surface area contributed by atoms with Crippen LogP contribution in [0.3, 0.4) is 0 Å². The summed E-state index contributed by atoms with van der Waals surface area (Å²) in [7, 11) is 0. The van der Waals surface area contributed by atoms with Crippen LogP contribution in [0.1, 0.15) is 40.0 Å². The Balaban J connectivity index is 1.86. The van der Waals surface area contributed by atoms with Crippen molar-refractivity contribution in [1.29, 1.82) is 0 Å². The van der Waals surface area contributed by atoms with E-state index in [1.807, 2.05) is 18.2 Å². The predicted molar refractivity (Wildman–Crippen MR) is 70.4 cm³/mol. The highest BCUT2D eigenvalue weighted by atomic mass is 16.5. The van der Waals surface area contributed by atoms with Gasteiger partial charge in [0.1, 0.15) is 5.82 Å². The number of ether oxygens (including phenoxy) is 1. The van der Waals surface area contributed by atoms with Crippen LogP contribution in [0.5, 0.6) is 5.88 Å². The van der Waals surface area contributed by atoms with Crippen LogP contribution < -0.4 is 10.1 Å². The van der Waals surface area contributed by atoms with Crippen LogP contribution in [-0.2, 0) is 0 Å². The number of anilines is 1. The van der Waals surface area contributed by atoms with E-state index in [-0.39, 0.29) is 5.54 Å². The van der Waals surface area contributed by atoms with E-state index >= 15 is 0 Å². The molecule has 0 spiro atoms. The molecule has 1 heterocycles. The topological polar surface area (TPSA) is 34.1 Å². The fourth-order valence-electron chi connectivity index (χ4n) is 1.69. The van der Waals surface area contributed by atoms with Crippen molar-refractivity contribution in [2.45, 2.75) is 45.6 Å². The lowest BCUT2D eigenvalue weighted by Gasteiger charge is -2.21. The van der Waals surface area contributed by atoms with E-state index in [0.29, 0.717) is 0 Å². The Kier molecular flexibility index (Phi) is 3.55. The summed E-state index contributed by atoms with van der Waals surface area (Å²) in [6.45, 7) is 7.15. The number of pyridine rings is 1. The quantitative estimate of drug-likeness (QED) is 0.847. The van der Waals surface area contributed by atoms with Gasteiger partial charge >= 0.3 is 0 Å². The van der Waals surface area contributed by atoms with Gasteiger partial charge in [-0.2, -0.15) is 4.98 Å². The van der Waals surface area contributed by atoms with Crippen LogP contribution in [0.15, 0.2) is 18.2 Å². The SMILES string of the molecule is CC(C)(C)Nc1cccc(OCCC2CC2)n1. The van der Waals surface area contributed by atoms with Gasteiger partial charge in [-0.3, -0.25) is 0 Å². The van der Waals surface area contributed by atoms with Crippen LogP contribution in [0.4, 0.5) is 5.82 Å². The number of nitrogens with one attached hydrogen (secondary N) is 1. The van der Waals surface area contributed by atoms with E-state index in [2.05, 4.69) is 31.1 Å². The number of nitrogens with zero attached hydrogens (tertiary/aromatic N) is 1. The molecule has 1 aromatic rings. The molecule has 0 saturated heterocycles. The van der Waals surface area contributed by atoms with Crippen molar-refractivity contribution in [1.82, 2.24) is 4.98 Å². The Bertz CT molecular complexity index is 367. The van der Waals surface area contributed by atoms with Crippen molar-refractivity contribution in [3.63, 3.8) is 0 Å². The summed E-state index contributed by atoms with van der Waals surface area (Å²) in [5, 5.41) is 3.34. The number of hydrogen-bond donors (Lipinski definition) is 1. The smallest absolute Gasteiger partial charge is 0.215 e. The summed E-state index contributed by atoms with van der Waals surface area (Å²) in [4.78, 5) is 4.44. The highest BCUT2D eigenvalue weighted by Crippen LogP contribution is 2.32.